The van der Waals surface area contributed by atoms with Gasteiger partial charge in [-0.05, 0) is 43.5 Å². The third kappa shape index (κ3) is 3.24. The van der Waals surface area contributed by atoms with Gasteiger partial charge in [0.05, 0.1) is 7.11 Å². The molecule has 7 heteroatoms. The molecule has 0 saturated heterocycles. The molecule has 0 aliphatic heterocycles. The Morgan fingerprint density at radius 1 is 1.38 bits per heavy atom. The molecule has 1 heterocycles. The number of methoxy groups -OCH3 is 1. The van der Waals surface area contributed by atoms with Gasteiger partial charge in [0.15, 0.2) is 5.69 Å². The second kappa shape index (κ2) is 6.35. The zero-order valence-corrected chi connectivity index (χ0v) is 13.6. The summed E-state index contributed by atoms with van der Waals surface area (Å²) in [6, 6.07) is 7.29. The number of hydrogen-bond donors (Lipinski definition) is 1. The number of benzene rings is 1. The second-order valence-electron chi connectivity index (χ2n) is 5.88. The average molecular weight is 329 g/mol. The first kappa shape index (κ1) is 16.0. The summed E-state index contributed by atoms with van der Waals surface area (Å²) in [7, 11) is 1.57. The number of aryl methyl sites for hydroxylation is 1. The number of hydrogen-bond acceptors (Lipinski definition) is 4. The molecular weight excluding hydrogens is 310 g/mol. The molecule has 3 rings (SSSR count). The number of ether oxygens (including phenoxy) is 1. The lowest BCUT2D eigenvalue weighted by Gasteiger charge is -2.18. The van der Waals surface area contributed by atoms with Crippen molar-refractivity contribution in [2.45, 2.75) is 25.8 Å². The first-order chi connectivity index (χ1) is 11.5. The summed E-state index contributed by atoms with van der Waals surface area (Å²) in [5.74, 6) is -0.729. The van der Waals surface area contributed by atoms with Crippen LogP contribution in [0.1, 0.15) is 28.9 Å². The maximum absolute atomic E-state index is 12.6. The van der Waals surface area contributed by atoms with E-state index in [1.165, 1.54) is 4.90 Å². The molecule has 1 aliphatic carbocycles. The van der Waals surface area contributed by atoms with Crippen LogP contribution in [0.3, 0.4) is 0 Å². The molecule has 1 aliphatic rings. The van der Waals surface area contributed by atoms with Crippen LogP contribution in [-0.4, -0.2) is 51.4 Å². The maximum Gasteiger partial charge on any atom is 0.323 e. The van der Waals surface area contributed by atoms with E-state index in [0.717, 1.165) is 24.1 Å². The summed E-state index contributed by atoms with van der Waals surface area (Å²) in [5, 5.41) is 13.3. The number of carboxylic acids is 1. The number of carbonyl (C=O) groups is 2. The molecular formula is C17H19N3O4. The van der Waals surface area contributed by atoms with Gasteiger partial charge in [0.1, 0.15) is 18.0 Å². The maximum atomic E-state index is 12.6. The SMILES string of the molecule is COc1ccc(C)cc1-n1ccc(C(=O)N(CC(=O)O)C2CC2)n1. The van der Waals surface area contributed by atoms with Crippen molar-refractivity contribution in [2.75, 3.05) is 13.7 Å². The van der Waals surface area contributed by atoms with Crippen LogP contribution in [0.5, 0.6) is 5.75 Å². The van der Waals surface area contributed by atoms with Gasteiger partial charge in [0.25, 0.3) is 5.91 Å². The van der Waals surface area contributed by atoms with E-state index in [9.17, 15) is 9.59 Å². The Bertz CT molecular complexity index is 780. The van der Waals surface area contributed by atoms with Gasteiger partial charge in [-0.25, -0.2) is 4.68 Å². The van der Waals surface area contributed by atoms with Gasteiger partial charge < -0.3 is 14.7 Å². The zero-order chi connectivity index (χ0) is 17.3. The lowest BCUT2D eigenvalue weighted by Crippen LogP contribution is -2.37. The number of aliphatic carboxylic acids is 1. The summed E-state index contributed by atoms with van der Waals surface area (Å²) in [5.41, 5.74) is 2.00. The van der Waals surface area contributed by atoms with Gasteiger partial charge in [-0.3, -0.25) is 9.59 Å². The largest absolute Gasteiger partial charge is 0.494 e. The molecule has 126 valence electrons. The third-order valence-corrected chi connectivity index (χ3v) is 3.94. The minimum absolute atomic E-state index is 0.00672. The zero-order valence-electron chi connectivity index (χ0n) is 13.6. The molecule has 1 N–H and O–H groups in total. The van der Waals surface area contributed by atoms with E-state index in [4.69, 9.17) is 9.84 Å². The van der Waals surface area contributed by atoms with Crippen LogP contribution in [0.25, 0.3) is 5.69 Å². The van der Waals surface area contributed by atoms with Crippen molar-refractivity contribution >= 4 is 11.9 Å². The predicted molar refractivity (Wildman–Crippen MR) is 86.5 cm³/mol. The quantitative estimate of drug-likeness (QED) is 0.874. The summed E-state index contributed by atoms with van der Waals surface area (Å²) < 4.78 is 6.91. The van der Waals surface area contributed by atoms with E-state index < -0.39 is 5.97 Å². The number of amides is 1. The van der Waals surface area contributed by atoms with Gasteiger partial charge in [0, 0.05) is 12.2 Å². The highest BCUT2D eigenvalue weighted by molar-refractivity contribution is 5.94. The van der Waals surface area contributed by atoms with E-state index in [1.807, 2.05) is 25.1 Å². The van der Waals surface area contributed by atoms with E-state index in [2.05, 4.69) is 5.10 Å². The number of carboxylic acid groups (broad SMARTS) is 1. The van der Waals surface area contributed by atoms with Crippen LogP contribution in [-0.2, 0) is 4.79 Å². The lowest BCUT2D eigenvalue weighted by atomic mass is 10.2. The number of rotatable bonds is 6. The third-order valence-electron chi connectivity index (χ3n) is 3.94. The highest BCUT2D eigenvalue weighted by atomic mass is 16.5. The van der Waals surface area contributed by atoms with E-state index in [-0.39, 0.29) is 24.2 Å². The molecule has 1 aromatic carbocycles. The summed E-state index contributed by atoms with van der Waals surface area (Å²) in [4.78, 5) is 25.0. The molecule has 1 amide bonds. The molecule has 0 radical (unpaired) electrons. The summed E-state index contributed by atoms with van der Waals surface area (Å²) >= 11 is 0. The molecule has 7 nitrogen and oxygen atoms in total. The lowest BCUT2D eigenvalue weighted by molar-refractivity contribution is -0.137. The number of carbonyl (C=O) groups excluding carboxylic acids is 1. The Morgan fingerprint density at radius 3 is 2.75 bits per heavy atom. The van der Waals surface area contributed by atoms with Crippen LogP contribution >= 0.6 is 0 Å². The summed E-state index contributed by atoms with van der Waals surface area (Å²) in [6.45, 7) is 1.66. The normalized spacial score (nSPS) is 13.6. The highest BCUT2D eigenvalue weighted by Crippen LogP contribution is 2.28. The van der Waals surface area contributed by atoms with Crippen LogP contribution in [0, 0.1) is 6.92 Å². The molecule has 1 aromatic heterocycles. The fourth-order valence-corrected chi connectivity index (χ4v) is 2.60. The highest BCUT2D eigenvalue weighted by Gasteiger charge is 2.35. The molecule has 24 heavy (non-hydrogen) atoms. The smallest absolute Gasteiger partial charge is 0.323 e. The van der Waals surface area contributed by atoms with Crippen LogP contribution < -0.4 is 4.74 Å². The van der Waals surface area contributed by atoms with Crippen molar-refractivity contribution in [1.29, 1.82) is 0 Å². The van der Waals surface area contributed by atoms with Crippen molar-refractivity contribution in [1.82, 2.24) is 14.7 Å². The average Bonchev–Trinajstić information content (AvgIpc) is 3.28. The van der Waals surface area contributed by atoms with Crippen LogP contribution in [0.2, 0.25) is 0 Å². The van der Waals surface area contributed by atoms with E-state index in [0.29, 0.717) is 5.75 Å². The van der Waals surface area contributed by atoms with Crippen molar-refractivity contribution in [3.8, 4) is 11.4 Å². The van der Waals surface area contributed by atoms with Gasteiger partial charge in [-0.2, -0.15) is 5.10 Å². The van der Waals surface area contributed by atoms with Gasteiger partial charge in [-0.15, -0.1) is 0 Å². The van der Waals surface area contributed by atoms with Crippen LogP contribution in [0.15, 0.2) is 30.5 Å². The van der Waals surface area contributed by atoms with Crippen LogP contribution in [0.4, 0.5) is 0 Å². The Morgan fingerprint density at radius 2 is 2.12 bits per heavy atom. The Labute approximate surface area is 139 Å². The Kier molecular flexibility index (Phi) is 4.24. The molecule has 1 saturated carbocycles. The Hall–Kier alpha value is -2.83. The first-order valence-electron chi connectivity index (χ1n) is 7.73. The monoisotopic (exact) mass is 329 g/mol. The molecule has 0 spiro atoms. The van der Waals surface area contributed by atoms with Crippen molar-refractivity contribution in [2.24, 2.45) is 0 Å². The van der Waals surface area contributed by atoms with E-state index >= 15 is 0 Å². The first-order valence-corrected chi connectivity index (χ1v) is 7.73. The van der Waals surface area contributed by atoms with E-state index in [1.54, 1.807) is 24.1 Å². The number of aromatic nitrogens is 2. The molecule has 1 fully saturated rings. The molecule has 0 bridgehead atoms. The van der Waals surface area contributed by atoms with Crippen molar-refractivity contribution in [3.63, 3.8) is 0 Å². The van der Waals surface area contributed by atoms with Crippen molar-refractivity contribution < 1.29 is 19.4 Å². The molecule has 2 aromatic rings. The number of nitrogens with zero attached hydrogens (tertiary/aromatic N) is 3. The minimum Gasteiger partial charge on any atom is -0.494 e. The van der Waals surface area contributed by atoms with Crippen molar-refractivity contribution in [3.05, 3.63) is 41.7 Å². The Balaban J connectivity index is 1.88. The second-order valence-corrected chi connectivity index (χ2v) is 5.88. The summed E-state index contributed by atoms with van der Waals surface area (Å²) in [6.07, 6.45) is 3.35. The molecule has 0 unspecified atom stereocenters. The molecule has 0 atom stereocenters. The standard InChI is InChI=1S/C17H19N3O4/c1-11-3-6-15(24-2)14(9-11)20-8-7-13(18-20)17(23)19(10-16(21)22)12-4-5-12/h3,6-9,12H,4-5,10H2,1-2H3,(H,21,22). The predicted octanol–water partition coefficient (Wildman–Crippen LogP) is 1.88. The fourth-order valence-electron chi connectivity index (χ4n) is 2.60. The van der Waals surface area contributed by atoms with Gasteiger partial charge in [-0.1, -0.05) is 6.07 Å². The van der Waals surface area contributed by atoms with Gasteiger partial charge >= 0.3 is 5.97 Å². The topological polar surface area (TPSA) is 84.7 Å². The van der Waals surface area contributed by atoms with Gasteiger partial charge in [0.2, 0.25) is 0 Å². The fraction of sp³-hybridized carbons (Fsp3) is 0.353. The minimum atomic E-state index is -1.02.